The second kappa shape index (κ2) is 5.34. The molecule has 0 N–H and O–H groups in total. The first kappa shape index (κ1) is 12.6. The Kier molecular flexibility index (Phi) is 3.37. The molecule has 0 saturated carbocycles. The van der Waals surface area contributed by atoms with Crippen molar-refractivity contribution in [3.8, 4) is 0 Å². The Labute approximate surface area is 124 Å². The van der Waals surface area contributed by atoms with Gasteiger partial charge < -0.3 is 0 Å². The molecule has 1 nitrogen and oxygen atoms in total. The number of nitrogens with zero attached hydrogens (tertiary/aromatic N) is 1. The van der Waals surface area contributed by atoms with Gasteiger partial charge in [-0.15, -0.1) is 11.3 Å². The van der Waals surface area contributed by atoms with Crippen molar-refractivity contribution in [1.82, 2.24) is 4.90 Å². The molecule has 20 heavy (non-hydrogen) atoms. The van der Waals surface area contributed by atoms with E-state index in [4.69, 9.17) is 0 Å². The molecule has 0 radical (unpaired) electrons. The standard InChI is InChI=1S/C18H21NS/c1-2-7-18-16(6-1)17(13-20-18)14-8-9-15-5-3-4-11-19(15)12-10-14/h1-2,6-7,10,13,15H,3-5,8-9,11-12H2. The summed E-state index contributed by atoms with van der Waals surface area (Å²) in [5, 5.41) is 3.81. The number of allylic oxidation sites excluding steroid dienone is 1. The summed E-state index contributed by atoms with van der Waals surface area (Å²) in [6, 6.07) is 9.66. The summed E-state index contributed by atoms with van der Waals surface area (Å²) in [4.78, 5) is 2.70. The summed E-state index contributed by atoms with van der Waals surface area (Å²) in [5.74, 6) is 0. The third-order valence-corrected chi connectivity index (χ3v) is 5.86. The molecule has 1 aromatic heterocycles. The van der Waals surface area contributed by atoms with Gasteiger partial charge in [-0.05, 0) is 60.2 Å². The van der Waals surface area contributed by atoms with E-state index in [1.54, 1.807) is 5.57 Å². The van der Waals surface area contributed by atoms with Crippen LogP contribution in [0.4, 0.5) is 0 Å². The zero-order valence-corrected chi connectivity index (χ0v) is 12.7. The molecule has 1 fully saturated rings. The van der Waals surface area contributed by atoms with Crippen LogP contribution in [-0.4, -0.2) is 24.0 Å². The van der Waals surface area contributed by atoms with Gasteiger partial charge >= 0.3 is 0 Å². The first-order chi connectivity index (χ1) is 9.92. The van der Waals surface area contributed by atoms with Crippen LogP contribution in [0.15, 0.2) is 35.7 Å². The van der Waals surface area contributed by atoms with Crippen LogP contribution in [0.3, 0.4) is 0 Å². The van der Waals surface area contributed by atoms with E-state index in [2.05, 4.69) is 40.6 Å². The predicted molar refractivity (Wildman–Crippen MR) is 88.2 cm³/mol. The molecule has 1 saturated heterocycles. The van der Waals surface area contributed by atoms with Crippen LogP contribution < -0.4 is 0 Å². The van der Waals surface area contributed by atoms with Crippen LogP contribution in [0.2, 0.25) is 0 Å². The topological polar surface area (TPSA) is 3.24 Å². The second-order valence-corrected chi connectivity index (χ2v) is 6.97. The number of hydrogen-bond acceptors (Lipinski definition) is 2. The Morgan fingerprint density at radius 2 is 2.05 bits per heavy atom. The lowest BCUT2D eigenvalue weighted by Crippen LogP contribution is -2.38. The largest absolute Gasteiger partial charge is 0.297 e. The van der Waals surface area contributed by atoms with Gasteiger partial charge in [0.05, 0.1) is 0 Å². The second-order valence-electron chi connectivity index (χ2n) is 6.06. The fraction of sp³-hybridized carbons (Fsp3) is 0.444. The van der Waals surface area contributed by atoms with E-state index in [-0.39, 0.29) is 0 Å². The van der Waals surface area contributed by atoms with Gasteiger partial charge in [-0.3, -0.25) is 4.90 Å². The molecule has 2 aliphatic heterocycles. The van der Waals surface area contributed by atoms with Crippen LogP contribution >= 0.6 is 11.3 Å². The Bertz CT molecular complexity index is 640. The van der Waals surface area contributed by atoms with Gasteiger partial charge in [-0.25, -0.2) is 0 Å². The lowest BCUT2D eigenvalue weighted by molar-refractivity contribution is 0.161. The smallest absolute Gasteiger partial charge is 0.0349 e. The molecule has 0 amide bonds. The Balaban J connectivity index is 1.66. The van der Waals surface area contributed by atoms with Crippen LogP contribution in [0, 0.1) is 0 Å². The van der Waals surface area contributed by atoms with Gasteiger partial charge in [-0.1, -0.05) is 30.7 Å². The van der Waals surface area contributed by atoms with E-state index in [1.807, 2.05) is 11.3 Å². The third-order valence-electron chi connectivity index (χ3n) is 4.90. The monoisotopic (exact) mass is 283 g/mol. The lowest BCUT2D eigenvalue weighted by Gasteiger charge is -2.33. The van der Waals surface area contributed by atoms with Gasteiger partial charge in [-0.2, -0.15) is 0 Å². The van der Waals surface area contributed by atoms with Crippen molar-refractivity contribution in [3.05, 3.63) is 41.3 Å². The molecule has 3 heterocycles. The quantitative estimate of drug-likeness (QED) is 0.717. The minimum absolute atomic E-state index is 0.836. The van der Waals surface area contributed by atoms with E-state index < -0.39 is 0 Å². The molecule has 0 spiro atoms. The first-order valence-electron chi connectivity index (χ1n) is 7.81. The highest BCUT2D eigenvalue weighted by molar-refractivity contribution is 7.17. The summed E-state index contributed by atoms with van der Waals surface area (Å²) >= 11 is 1.89. The zero-order chi connectivity index (χ0) is 13.4. The van der Waals surface area contributed by atoms with Crippen molar-refractivity contribution in [1.29, 1.82) is 0 Å². The number of thiophene rings is 1. The van der Waals surface area contributed by atoms with Crippen LogP contribution in [-0.2, 0) is 0 Å². The maximum absolute atomic E-state index is 2.70. The van der Waals surface area contributed by atoms with Crippen molar-refractivity contribution in [2.45, 2.75) is 38.1 Å². The maximum Gasteiger partial charge on any atom is 0.0349 e. The molecule has 1 unspecified atom stereocenters. The van der Waals surface area contributed by atoms with Crippen molar-refractivity contribution in [3.63, 3.8) is 0 Å². The molecule has 2 aliphatic rings. The summed E-state index contributed by atoms with van der Waals surface area (Å²) in [7, 11) is 0. The summed E-state index contributed by atoms with van der Waals surface area (Å²) in [6.45, 7) is 2.46. The summed E-state index contributed by atoms with van der Waals surface area (Å²) in [6.07, 6.45) is 9.32. The zero-order valence-electron chi connectivity index (χ0n) is 11.8. The van der Waals surface area contributed by atoms with Gasteiger partial charge in [0.2, 0.25) is 0 Å². The van der Waals surface area contributed by atoms with Crippen molar-refractivity contribution in [2.24, 2.45) is 0 Å². The number of benzene rings is 1. The Morgan fingerprint density at radius 1 is 1.10 bits per heavy atom. The molecule has 104 valence electrons. The molecule has 4 rings (SSSR count). The van der Waals surface area contributed by atoms with E-state index in [0.29, 0.717) is 0 Å². The average molecular weight is 283 g/mol. The highest BCUT2D eigenvalue weighted by Crippen LogP contribution is 2.35. The van der Waals surface area contributed by atoms with Gasteiger partial charge in [0.15, 0.2) is 0 Å². The van der Waals surface area contributed by atoms with Crippen LogP contribution in [0.1, 0.15) is 37.7 Å². The van der Waals surface area contributed by atoms with Gasteiger partial charge in [0.25, 0.3) is 0 Å². The van der Waals surface area contributed by atoms with E-state index in [9.17, 15) is 0 Å². The highest BCUT2D eigenvalue weighted by atomic mass is 32.1. The average Bonchev–Trinajstić information content (AvgIpc) is 2.81. The molecule has 2 aromatic rings. The summed E-state index contributed by atoms with van der Waals surface area (Å²) in [5.41, 5.74) is 3.07. The Morgan fingerprint density at radius 3 is 3.05 bits per heavy atom. The van der Waals surface area contributed by atoms with E-state index in [0.717, 1.165) is 12.6 Å². The third kappa shape index (κ3) is 2.21. The fourth-order valence-corrected chi connectivity index (χ4v) is 4.74. The molecular formula is C18H21NS. The molecule has 1 atom stereocenters. The minimum Gasteiger partial charge on any atom is -0.297 e. The highest BCUT2D eigenvalue weighted by Gasteiger charge is 2.24. The van der Waals surface area contributed by atoms with Crippen molar-refractivity contribution in [2.75, 3.05) is 13.1 Å². The summed E-state index contributed by atoms with van der Waals surface area (Å²) < 4.78 is 1.42. The molecule has 0 bridgehead atoms. The van der Waals surface area contributed by atoms with Crippen LogP contribution in [0.5, 0.6) is 0 Å². The molecule has 2 heteroatoms. The normalized spacial score (nSPS) is 24.2. The lowest BCUT2D eigenvalue weighted by atomic mass is 9.95. The number of piperidine rings is 1. The predicted octanol–water partition coefficient (Wildman–Crippen LogP) is 4.93. The number of hydrogen-bond donors (Lipinski definition) is 0. The van der Waals surface area contributed by atoms with Gasteiger partial charge in [0.1, 0.15) is 0 Å². The van der Waals surface area contributed by atoms with Crippen LogP contribution in [0.25, 0.3) is 15.7 Å². The molecule has 1 aromatic carbocycles. The molecular weight excluding hydrogens is 262 g/mol. The molecule has 0 aliphatic carbocycles. The van der Waals surface area contributed by atoms with Crippen molar-refractivity contribution >= 4 is 27.0 Å². The van der Waals surface area contributed by atoms with E-state index >= 15 is 0 Å². The number of fused-ring (bicyclic) bond motifs is 2. The Hall–Kier alpha value is -1.12. The fourth-order valence-electron chi connectivity index (χ4n) is 3.75. The van der Waals surface area contributed by atoms with E-state index in [1.165, 1.54) is 54.3 Å². The van der Waals surface area contributed by atoms with Crippen molar-refractivity contribution < 1.29 is 0 Å². The van der Waals surface area contributed by atoms with Gasteiger partial charge in [0, 0.05) is 17.3 Å². The SMILES string of the molecule is C1=C(c2csc3ccccc23)CCC2CCCCN2C1. The minimum atomic E-state index is 0.836. The maximum atomic E-state index is 2.70. The number of rotatable bonds is 1. The first-order valence-corrected chi connectivity index (χ1v) is 8.69.